The van der Waals surface area contributed by atoms with Crippen LogP contribution >= 0.6 is 0 Å². The van der Waals surface area contributed by atoms with Gasteiger partial charge >= 0.3 is 0 Å². The summed E-state index contributed by atoms with van der Waals surface area (Å²) in [6.45, 7) is 1.94. The minimum Gasteiger partial charge on any atom is -0.382 e. The summed E-state index contributed by atoms with van der Waals surface area (Å²) in [5, 5.41) is 6.45. The van der Waals surface area contributed by atoms with Gasteiger partial charge in [0.25, 0.3) is 5.91 Å². The molecule has 1 aliphatic heterocycles. The van der Waals surface area contributed by atoms with Crippen molar-refractivity contribution in [1.82, 2.24) is 24.7 Å². The van der Waals surface area contributed by atoms with Crippen LogP contribution in [0, 0.1) is 0 Å². The van der Waals surface area contributed by atoms with Crippen molar-refractivity contribution in [3.05, 3.63) is 71.9 Å². The molecule has 1 saturated carbocycles. The lowest BCUT2D eigenvalue weighted by Crippen LogP contribution is -2.20. The molecule has 2 aliphatic rings. The zero-order valence-corrected chi connectivity index (χ0v) is 19.6. The van der Waals surface area contributed by atoms with Gasteiger partial charge in [0.2, 0.25) is 0 Å². The number of hydrogen-bond donors (Lipinski definition) is 3. The highest BCUT2D eigenvalue weighted by Crippen LogP contribution is 2.40. The second-order valence-electron chi connectivity index (χ2n) is 9.53. The Labute approximate surface area is 204 Å². The van der Waals surface area contributed by atoms with Gasteiger partial charge < -0.3 is 16.4 Å². The fraction of sp³-hybridized carbons (Fsp3) is 0.333. The molecule has 0 spiro atoms. The van der Waals surface area contributed by atoms with E-state index in [4.69, 9.17) is 10.7 Å². The summed E-state index contributed by atoms with van der Waals surface area (Å²) in [6.07, 6.45) is 11.3. The Kier molecular flexibility index (Phi) is 5.66. The van der Waals surface area contributed by atoms with Crippen LogP contribution in [-0.4, -0.2) is 38.3 Å². The van der Waals surface area contributed by atoms with Crippen molar-refractivity contribution in [2.24, 2.45) is 0 Å². The number of hydrogen-bond acceptors (Lipinski definition) is 6. The van der Waals surface area contributed by atoms with Gasteiger partial charge in [0.1, 0.15) is 28.7 Å². The van der Waals surface area contributed by atoms with E-state index in [9.17, 15) is 4.79 Å². The number of imidazole rings is 1. The first-order chi connectivity index (χ1) is 17.2. The van der Waals surface area contributed by atoms with E-state index in [2.05, 4.69) is 25.0 Å². The first kappa shape index (κ1) is 21.7. The molecule has 178 valence electrons. The van der Waals surface area contributed by atoms with Gasteiger partial charge in [0.05, 0.1) is 0 Å². The minimum atomic E-state index is -0.182. The second-order valence-corrected chi connectivity index (χ2v) is 9.53. The summed E-state index contributed by atoms with van der Waals surface area (Å²) in [5.74, 6) is 2.78. The Morgan fingerprint density at radius 2 is 1.89 bits per heavy atom. The number of nitrogens with zero attached hydrogens (tertiary/aromatic N) is 4. The van der Waals surface area contributed by atoms with Gasteiger partial charge in [-0.05, 0) is 68.0 Å². The summed E-state index contributed by atoms with van der Waals surface area (Å²) in [6, 6.07) is 11.5. The van der Waals surface area contributed by atoms with E-state index in [1.165, 1.54) is 31.2 Å². The molecule has 0 bridgehead atoms. The summed E-state index contributed by atoms with van der Waals surface area (Å²) in [5.41, 5.74) is 10.6. The predicted octanol–water partition coefficient (Wildman–Crippen LogP) is 4.36. The maximum atomic E-state index is 12.9. The fourth-order valence-electron chi connectivity index (χ4n) is 4.97. The number of benzene rings is 1. The average Bonchev–Trinajstić information content (AvgIpc) is 3.70. The molecule has 8 nitrogen and oxygen atoms in total. The van der Waals surface area contributed by atoms with E-state index >= 15 is 0 Å². The number of carbonyl (C=O) groups excluding carboxylic acids is 1. The third-order valence-corrected chi connectivity index (χ3v) is 7.02. The summed E-state index contributed by atoms with van der Waals surface area (Å²) in [4.78, 5) is 26.5. The van der Waals surface area contributed by atoms with Crippen molar-refractivity contribution in [1.29, 1.82) is 0 Å². The molecule has 35 heavy (non-hydrogen) atoms. The smallest absolute Gasteiger partial charge is 0.256 e. The van der Waals surface area contributed by atoms with Crippen LogP contribution in [0.15, 0.2) is 55.0 Å². The number of rotatable bonds is 5. The Morgan fingerprint density at radius 3 is 2.71 bits per heavy atom. The molecular weight excluding hydrogens is 438 g/mol. The first-order valence-corrected chi connectivity index (χ1v) is 12.4. The van der Waals surface area contributed by atoms with Crippen LogP contribution in [-0.2, 0) is 0 Å². The lowest BCUT2D eigenvalue weighted by molar-refractivity contribution is 0.102. The molecule has 1 unspecified atom stereocenters. The van der Waals surface area contributed by atoms with E-state index in [1.54, 1.807) is 12.4 Å². The number of amides is 1. The number of nitrogen functional groups attached to an aromatic ring is 1. The number of anilines is 2. The molecule has 1 aliphatic carbocycles. The molecule has 4 heterocycles. The topological polar surface area (TPSA) is 110 Å². The summed E-state index contributed by atoms with van der Waals surface area (Å²) in [7, 11) is 0. The largest absolute Gasteiger partial charge is 0.382 e. The third-order valence-electron chi connectivity index (χ3n) is 7.02. The highest BCUT2D eigenvalue weighted by Gasteiger charge is 2.25. The predicted molar refractivity (Wildman–Crippen MR) is 136 cm³/mol. The van der Waals surface area contributed by atoms with Crippen molar-refractivity contribution < 1.29 is 4.79 Å². The maximum absolute atomic E-state index is 12.9. The molecule has 1 saturated heterocycles. The number of carbonyl (C=O) groups is 1. The Morgan fingerprint density at radius 1 is 1.03 bits per heavy atom. The monoisotopic (exact) mass is 467 g/mol. The summed E-state index contributed by atoms with van der Waals surface area (Å²) >= 11 is 0. The molecule has 0 radical (unpaired) electrons. The zero-order chi connectivity index (χ0) is 23.8. The molecule has 6 rings (SSSR count). The van der Waals surface area contributed by atoms with Gasteiger partial charge in [-0.25, -0.2) is 15.0 Å². The Bertz CT molecular complexity index is 1370. The number of pyridine rings is 1. The normalized spacial score (nSPS) is 18.3. The average molecular weight is 468 g/mol. The molecule has 2 fully saturated rings. The van der Waals surface area contributed by atoms with Crippen molar-refractivity contribution in [2.45, 2.75) is 43.9 Å². The Hall–Kier alpha value is -3.78. The van der Waals surface area contributed by atoms with Crippen LogP contribution in [0.5, 0.6) is 0 Å². The van der Waals surface area contributed by atoms with Crippen LogP contribution in [0.25, 0.3) is 16.8 Å². The van der Waals surface area contributed by atoms with Gasteiger partial charge in [-0.2, -0.15) is 0 Å². The van der Waals surface area contributed by atoms with Crippen molar-refractivity contribution in [3.63, 3.8) is 0 Å². The van der Waals surface area contributed by atoms with E-state index < -0.39 is 0 Å². The third kappa shape index (κ3) is 4.37. The van der Waals surface area contributed by atoms with Gasteiger partial charge in [-0.1, -0.05) is 18.6 Å². The van der Waals surface area contributed by atoms with Crippen LogP contribution in [0.2, 0.25) is 0 Å². The van der Waals surface area contributed by atoms with Crippen LogP contribution in [0.4, 0.5) is 11.6 Å². The van der Waals surface area contributed by atoms with Crippen molar-refractivity contribution in [3.8, 4) is 11.3 Å². The standard InChI is InChI=1S/C27H29N7O/c28-25-24-23(33-26(34(24)14-13-31-25)21-3-1-2-11-29-16-21)18-6-8-19(9-7-18)27(35)32-22-15-20(10-12-30-22)17-4-5-17/h6-10,12-15,17,21,29H,1-5,11,16H2,(H2,28,31)(H,30,32,35). The van der Waals surface area contributed by atoms with E-state index in [0.717, 1.165) is 42.1 Å². The van der Waals surface area contributed by atoms with Gasteiger partial charge in [-0.15, -0.1) is 0 Å². The lowest BCUT2D eigenvalue weighted by Gasteiger charge is -2.13. The number of nitrogens with two attached hydrogens (primary N) is 1. The Balaban J connectivity index is 1.28. The molecular formula is C27H29N7O. The van der Waals surface area contributed by atoms with E-state index in [1.807, 2.05) is 42.6 Å². The number of fused-ring (bicyclic) bond motifs is 1. The molecule has 8 heteroatoms. The second kappa shape index (κ2) is 9.11. The van der Waals surface area contributed by atoms with Crippen LogP contribution in [0.1, 0.15) is 65.7 Å². The lowest BCUT2D eigenvalue weighted by atomic mass is 10.0. The molecule has 1 atom stereocenters. The van der Waals surface area contributed by atoms with Crippen LogP contribution in [0.3, 0.4) is 0 Å². The molecule has 1 aromatic carbocycles. The summed E-state index contributed by atoms with van der Waals surface area (Å²) < 4.78 is 2.08. The highest BCUT2D eigenvalue weighted by atomic mass is 16.1. The number of aromatic nitrogens is 4. The number of nitrogens with one attached hydrogen (secondary N) is 2. The maximum Gasteiger partial charge on any atom is 0.256 e. The molecule has 4 N–H and O–H groups in total. The van der Waals surface area contributed by atoms with E-state index in [0.29, 0.717) is 29.0 Å². The fourth-order valence-corrected chi connectivity index (χ4v) is 4.97. The van der Waals surface area contributed by atoms with Gasteiger partial charge in [0.15, 0.2) is 0 Å². The minimum absolute atomic E-state index is 0.182. The molecule has 3 aromatic heterocycles. The van der Waals surface area contributed by atoms with Gasteiger partial charge in [0, 0.05) is 42.2 Å². The molecule has 1 amide bonds. The van der Waals surface area contributed by atoms with Crippen molar-refractivity contribution in [2.75, 3.05) is 24.1 Å². The quantitative estimate of drug-likeness (QED) is 0.402. The first-order valence-electron chi connectivity index (χ1n) is 12.4. The van der Waals surface area contributed by atoms with Crippen LogP contribution < -0.4 is 16.4 Å². The van der Waals surface area contributed by atoms with E-state index in [-0.39, 0.29) is 5.91 Å². The molecule has 4 aromatic rings. The highest BCUT2D eigenvalue weighted by molar-refractivity contribution is 6.04. The zero-order valence-electron chi connectivity index (χ0n) is 19.6. The SMILES string of the molecule is Nc1nccn2c(C3CCCCNC3)nc(-c3ccc(C(=O)Nc4cc(C5CC5)ccn4)cc3)c12. The van der Waals surface area contributed by atoms with Gasteiger partial charge in [-0.3, -0.25) is 9.20 Å². The van der Waals surface area contributed by atoms with Crippen molar-refractivity contribution >= 4 is 23.1 Å².